The molecule has 0 radical (unpaired) electrons. The smallest absolute Gasteiger partial charge is 0.257 e. The van der Waals surface area contributed by atoms with Gasteiger partial charge in [0.05, 0.1) is 5.92 Å². The summed E-state index contributed by atoms with van der Waals surface area (Å²) in [6.45, 7) is 0.678. The van der Waals surface area contributed by atoms with E-state index in [4.69, 9.17) is 21.7 Å². The molecule has 7 nitrogen and oxygen atoms in total. The zero-order valence-electron chi connectivity index (χ0n) is 20.5. The first-order chi connectivity index (χ1) is 18.6. The van der Waals surface area contributed by atoms with Crippen LogP contribution >= 0.6 is 12.2 Å². The van der Waals surface area contributed by atoms with Gasteiger partial charge in [0.1, 0.15) is 24.7 Å². The Balaban J connectivity index is 1.28. The van der Waals surface area contributed by atoms with Gasteiger partial charge >= 0.3 is 0 Å². The number of hydrogen-bond acceptors (Lipinski definition) is 5. The molecule has 0 fully saturated rings. The third kappa shape index (κ3) is 7.65. The van der Waals surface area contributed by atoms with E-state index in [9.17, 15) is 9.59 Å². The summed E-state index contributed by atoms with van der Waals surface area (Å²) in [5.41, 5.74) is 7.26. The lowest BCUT2D eigenvalue weighted by Crippen LogP contribution is -2.49. The minimum Gasteiger partial charge on any atom is -0.490 e. The molecule has 0 bridgehead atoms. The van der Waals surface area contributed by atoms with Gasteiger partial charge in [0.15, 0.2) is 5.11 Å². The molecule has 0 aliphatic rings. The molecule has 192 valence electrons. The van der Waals surface area contributed by atoms with Crippen LogP contribution in [0.15, 0.2) is 115 Å². The topological polar surface area (TPSA) is 88.7 Å². The number of nitrogens with one attached hydrogen (secondary N) is 3. The molecule has 0 spiro atoms. The average molecular weight is 526 g/mol. The Hall–Kier alpha value is -4.69. The molecular formula is C30H27N3O4S. The van der Waals surface area contributed by atoms with Crippen LogP contribution in [0.25, 0.3) is 0 Å². The van der Waals surface area contributed by atoms with Crippen molar-refractivity contribution in [3.8, 4) is 11.5 Å². The van der Waals surface area contributed by atoms with E-state index in [1.54, 1.807) is 24.3 Å². The van der Waals surface area contributed by atoms with Crippen LogP contribution in [0.5, 0.6) is 11.5 Å². The molecule has 0 heterocycles. The second-order valence-electron chi connectivity index (χ2n) is 8.19. The van der Waals surface area contributed by atoms with Crippen molar-refractivity contribution < 1.29 is 19.1 Å². The third-order valence-corrected chi connectivity index (χ3v) is 5.72. The fourth-order valence-corrected chi connectivity index (χ4v) is 3.89. The van der Waals surface area contributed by atoms with Crippen molar-refractivity contribution in [1.29, 1.82) is 0 Å². The van der Waals surface area contributed by atoms with Crippen molar-refractivity contribution in [3.05, 3.63) is 132 Å². The average Bonchev–Trinajstić information content (AvgIpc) is 2.96. The second-order valence-corrected chi connectivity index (χ2v) is 8.60. The molecule has 0 saturated carbocycles. The minimum atomic E-state index is -0.553. The second kappa shape index (κ2) is 13.6. The van der Waals surface area contributed by atoms with E-state index >= 15 is 0 Å². The van der Waals surface area contributed by atoms with Gasteiger partial charge in [-0.1, -0.05) is 84.9 Å². The Labute approximate surface area is 226 Å². The number of hydrazine groups is 1. The van der Waals surface area contributed by atoms with Gasteiger partial charge in [-0.05, 0) is 53.7 Å². The predicted octanol–water partition coefficient (Wildman–Crippen LogP) is 4.61. The summed E-state index contributed by atoms with van der Waals surface area (Å²) < 4.78 is 11.3. The van der Waals surface area contributed by atoms with Crippen LogP contribution in [0.2, 0.25) is 0 Å². The van der Waals surface area contributed by atoms with Crippen LogP contribution in [-0.4, -0.2) is 30.1 Å². The van der Waals surface area contributed by atoms with E-state index in [-0.39, 0.29) is 11.0 Å². The normalized spacial score (nSPS) is 10.3. The zero-order chi connectivity index (χ0) is 26.6. The van der Waals surface area contributed by atoms with Crippen LogP contribution in [0.4, 0.5) is 0 Å². The van der Waals surface area contributed by atoms with Gasteiger partial charge in [0, 0.05) is 5.56 Å². The summed E-state index contributed by atoms with van der Waals surface area (Å²) in [6.07, 6.45) is 0. The lowest BCUT2D eigenvalue weighted by molar-refractivity contribution is -0.122. The molecule has 0 atom stereocenters. The molecule has 0 aromatic heterocycles. The summed E-state index contributed by atoms with van der Waals surface area (Å²) in [5, 5.41) is 2.54. The van der Waals surface area contributed by atoms with Gasteiger partial charge in [0.2, 0.25) is 5.91 Å². The lowest BCUT2D eigenvalue weighted by Gasteiger charge is -2.19. The van der Waals surface area contributed by atoms with Crippen LogP contribution in [-0.2, 0) is 4.79 Å². The van der Waals surface area contributed by atoms with E-state index in [1.165, 1.54) is 0 Å². The van der Waals surface area contributed by atoms with Crippen LogP contribution in [0.3, 0.4) is 0 Å². The maximum absolute atomic E-state index is 13.1. The van der Waals surface area contributed by atoms with Gasteiger partial charge in [-0.15, -0.1) is 0 Å². The predicted molar refractivity (Wildman–Crippen MR) is 150 cm³/mol. The van der Waals surface area contributed by atoms with Gasteiger partial charge in [-0.3, -0.25) is 25.8 Å². The summed E-state index contributed by atoms with van der Waals surface area (Å²) in [5.74, 6) is -0.0214. The molecule has 8 heteroatoms. The number of ether oxygens (including phenoxy) is 2. The number of rotatable bonds is 9. The molecule has 38 heavy (non-hydrogen) atoms. The van der Waals surface area contributed by atoms with Crippen molar-refractivity contribution in [3.63, 3.8) is 0 Å². The molecule has 4 aromatic carbocycles. The minimum absolute atomic E-state index is 0.0363. The van der Waals surface area contributed by atoms with E-state index < -0.39 is 11.8 Å². The van der Waals surface area contributed by atoms with Crippen molar-refractivity contribution in [2.45, 2.75) is 5.92 Å². The molecule has 0 unspecified atom stereocenters. The first-order valence-corrected chi connectivity index (χ1v) is 12.4. The standard InChI is InChI=1S/C30H27N3O4S/c34-28(24-15-10-18-26(21-24)37-20-19-36-25-16-8-3-9-17-25)31-30(38)33-32-29(35)27(22-11-4-1-5-12-22)23-13-6-2-7-14-23/h1-18,21,27H,19-20H2,(H,32,35)(H2,31,33,34,38). The van der Waals surface area contributed by atoms with Crippen LogP contribution < -0.4 is 25.6 Å². The highest BCUT2D eigenvalue weighted by molar-refractivity contribution is 7.80. The number of amides is 2. The van der Waals surface area contributed by atoms with Gasteiger partial charge in [-0.2, -0.15) is 0 Å². The van der Waals surface area contributed by atoms with E-state index in [1.807, 2.05) is 91.0 Å². The number of para-hydroxylation sites is 1. The molecular weight excluding hydrogens is 498 g/mol. The molecule has 0 aliphatic heterocycles. The van der Waals surface area contributed by atoms with E-state index in [0.717, 1.165) is 16.9 Å². The Morgan fingerprint density at radius 1 is 0.658 bits per heavy atom. The van der Waals surface area contributed by atoms with Crippen LogP contribution in [0, 0.1) is 0 Å². The number of carbonyl (C=O) groups is 2. The molecule has 0 saturated heterocycles. The fraction of sp³-hybridized carbons (Fsp3) is 0.100. The van der Waals surface area contributed by atoms with Gasteiger partial charge < -0.3 is 9.47 Å². The Kier molecular flexibility index (Phi) is 9.42. The summed E-state index contributed by atoms with van der Waals surface area (Å²) in [6, 6.07) is 35.0. The van der Waals surface area contributed by atoms with Gasteiger partial charge in [-0.25, -0.2) is 0 Å². The quantitative estimate of drug-likeness (QED) is 0.168. The van der Waals surface area contributed by atoms with E-state index in [2.05, 4.69) is 16.2 Å². The van der Waals surface area contributed by atoms with Crippen LogP contribution in [0.1, 0.15) is 27.4 Å². The Morgan fingerprint density at radius 2 is 1.18 bits per heavy atom. The van der Waals surface area contributed by atoms with Gasteiger partial charge in [0.25, 0.3) is 5.91 Å². The maximum atomic E-state index is 13.1. The molecule has 2 amide bonds. The summed E-state index contributed by atoms with van der Waals surface area (Å²) >= 11 is 5.23. The highest BCUT2D eigenvalue weighted by Crippen LogP contribution is 2.24. The lowest BCUT2D eigenvalue weighted by atomic mass is 9.91. The van der Waals surface area contributed by atoms with E-state index in [0.29, 0.717) is 24.5 Å². The third-order valence-electron chi connectivity index (χ3n) is 5.51. The summed E-state index contributed by atoms with van der Waals surface area (Å²) in [4.78, 5) is 25.8. The van der Waals surface area contributed by atoms with Crippen molar-refractivity contribution >= 4 is 29.1 Å². The summed E-state index contributed by atoms with van der Waals surface area (Å²) in [7, 11) is 0. The number of carbonyl (C=O) groups excluding carboxylic acids is 2. The monoisotopic (exact) mass is 525 g/mol. The molecule has 0 aliphatic carbocycles. The van der Waals surface area contributed by atoms with Crippen molar-refractivity contribution in [1.82, 2.24) is 16.2 Å². The Morgan fingerprint density at radius 3 is 1.79 bits per heavy atom. The SMILES string of the molecule is O=C(NC(=S)NNC(=O)C(c1ccccc1)c1ccccc1)c1cccc(OCCOc2ccccc2)c1. The first-order valence-electron chi connectivity index (χ1n) is 12.0. The highest BCUT2D eigenvalue weighted by atomic mass is 32.1. The molecule has 4 aromatic rings. The zero-order valence-corrected chi connectivity index (χ0v) is 21.3. The van der Waals surface area contributed by atoms with Crippen molar-refractivity contribution in [2.24, 2.45) is 0 Å². The highest BCUT2D eigenvalue weighted by Gasteiger charge is 2.22. The van der Waals surface area contributed by atoms with Crippen molar-refractivity contribution in [2.75, 3.05) is 13.2 Å². The molecule has 3 N–H and O–H groups in total. The number of benzene rings is 4. The largest absolute Gasteiger partial charge is 0.490 e. The Bertz CT molecular complexity index is 1310. The molecule has 4 rings (SSSR count). The maximum Gasteiger partial charge on any atom is 0.257 e. The first kappa shape index (κ1) is 26.4. The fourth-order valence-electron chi connectivity index (χ4n) is 3.75. The number of thiocarbonyl (C=S) groups is 1. The number of hydrogen-bond donors (Lipinski definition) is 3.